The van der Waals surface area contributed by atoms with Crippen LogP contribution in [0.2, 0.25) is 0 Å². The van der Waals surface area contributed by atoms with Gasteiger partial charge in [-0.05, 0) is 62.8 Å². The third-order valence-corrected chi connectivity index (χ3v) is 7.39. The molecule has 0 spiro atoms. The molecule has 0 amide bonds. The second-order valence-corrected chi connectivity index (χ2v) is 11.6. The zero-order valence-corrected chi connectivity index (χ0v) is 28.2. The Hall–Kier alpha value is -4.92. The zero-order valence-electron chi connectivity index (χ0n) is 28.2. The molecule has 11 nitrogen and oxygen atoms in total. The van der Waals surface area contributed by atoms with E-state index in [0.717, 1.165) is 11.1 Å². The van der Waals surface area contributed by atoms with Crippen molar-refractivity contribution in [2.75, 3.05) is 19.8 Å². The molecule has 0 unspecified atom stereocenters. The highest BCUT2D eigenvalue weighted by atomic mass is 16.6. The Morgan fingerprint density at radius 3 is 2.24 bits per heavy atom. The highest BCUT2D eigenvalue weighted by Gasteiger charge is 2.31. The molecule has 6 atom stereocenters. The lowest BCUT2D eigenvalue weighted by atomic mass is 10.1. The van der Waals surface area contributed by atoms with Gasteiger partial charge in [0.2, 0.25) is 0 Å². The molecule has 2 aliphatic heterocycles. The van der Waals surface area contributed by atoms with Crippen LogP contribution in [0, 0.1) is 18.8 Å². The summed E-state index contributed by atoms with van der Waals surface area (Å²) in [6.45, 7) is 6.54. The minimum Gasteiger partial charge on any atom is -0.483 e. The van der Waals surface area contributed by atoms with Crippen molar-refractivity contribution < 1.29 is 47.6 Å². The number of esters is 3. The maximum atomic E-state index is 12.7. The minimum atomic E-state index is -0.656. The molecule has 0 fully saturated rings. The van der Waals surface area contributed by atoms with Crippen molar-refractivity contribution >= 4 is 23.6 Å². The molecule has 11 heteroatoms. The van der Waals surface area contributed by atoms with Gasteiger partial charge < -0.3 is 33.3 Å². The fourth-order valence-corrected chi connectivity index (χ4v) is 4.84. The number of carbonyl (C=O) groups excluding carboxylic acids is 3. The fourth-order valence-electron chi connectivity index (χ4n) is 4.84. The van der Waals surface area contributed by atoms with Crippen LogP contribution in [0.1, 0.15) is 51.2 Å². The van der Waals surface area contributed by atoms with Gasteiger partial charge in [-0.3, -0.25) is 14.4 Å². The molecule has 0 aromatic heterocycles. The van der Waals surface area contributed by atoms with E-state index in [9.17, 15) is 14.4 Å². The molecule has 260 valence electrons. The van der Waals surface area contributed by atoms with E-state index in [1.807, 2.05) is 73.7 Å². The number of nitrogens with zero attached hydrogens (tertiary/aromatic N) is 1. The Kier molecular flexibility index (Phi) is 14.4. The molecule has 2 heterocycles. The molecule has 4 rings (SSSR count). The topological polar surface area (TPSA) is 128 Å². The van der Waals surface area contributed by atoms with Crippen LogP contribution in [0.4, 0.5) is 0 Å². The van der Waals surface area contributed by atoms with E-state index in [-0.39, 0.29) is 32.3 Å². The summed E-state index contributed by atoms with van der Waals surface area (Å²) < 4.78 is 34.2. The zero-order chi connectivity index (χ0) is 35.0. The summed E-state index contributed by atoms with van der Waals surface area (Å²) in [5, 5.41) is 4.11. The first kappa shape index (κ1) is 36.9. The van der Waals surface area contributed by atoms with Crippen LogP contribution < -0.4 is 4.74 Å². The average molecular weight is 674 g/mol. The van der Waals surface area contributed by atoms with Crippen molar-refractivity contribution in [1.29, 1.82) is 0 Å². The summed E-state index contributed by atoms with van der Waals surface area (Å²) >= 11 is 0. The molecule has 2 aromatic carbocycles. The number of hydrogen-bond acceptors (Lipinski definition) is 11. The predicted molar refractivity (Wildman–Crippen MR) is 181 cm³/mol. The number of benzene rings is 2. The van der Waals surface area contributed by atoms with E-state index in [0.29, 0.717) is 24.3 Å². The molecule has 2 aliphatic rings. The highest BCUT2D eigenvalue weighted by molar-refractivity contribution is 5.85. The SMILES string of the molecule is CC(=O)OC[C@H]1O[C@H](CCON=C(C)CCC(=O)OC[C@H]2O[C@H](C#Cc3ccccc3)C=C[C@H]2Oc2ccc(C)cc2)C=C[C@H]1OC(C)=O. The standard InChI is InChI=1S/C38H43NO10/c1-26-10-14-31(15-11-26)47-35-20-17-32(16-13-30-8-6-5-7-9-30)48-37(35)25-44-38(42)21-12-27(2)39-45-23-22-33-18-19-34(46-29(4)41)36(49-33)24-43-28(3)40/h5-11,14-15,17-20,32-37H,12,21-25H2,1-4H3/t32-,33+,34-,35-,36-,37-/m1/s1. The number of carbonyl (C=O) groups is 3. The second-order valence-electron chi connectivity index (χ2n) is 11.6. The number of aryl methyl sites for hydroxylation is 1. The van der Waals surface area contributed by atoms with Gasteiger partial charge in [0.05, 0.1) is 18.2 Å². The number of oxime groups is 1. The third kappa shape index (κ3) is 13.2. The van der Waals surface area contributed by atoms with Gasteiger partial charge in [0.1, 0.15) is 56.1 Å². The van der Waals surface area contributed by atoms with Crippen LogP contribution in [0.3, 0.4) is 0 Å². The summed E-state index contributed by atoms with van der Waals surface area (Å²) in [6.07, 6.45) is 4.96. The first-order valence-corrected chi connectivity index (χ1v) is 16.2. The second kappa shape index (κ2) is 19.2. The lowest BCUT2D eigenvalue weighted by Gasteiger charge is -2.31. The van der Waals surface area contributed by atoms with E-state index in [2.05, 4.69) is 17.0 Å². The summed E-state index contributed by atoms with van der Waals surface area (Å²) in [6, 6.07) is 17.3. The van der Waals surface area contributed by atoms with Gasteiger partial charge in [-0.15, -0.1) is 0 Å². The molecule has 0 radical (unpaired) electrons. The predicted octanol–water partition coefficient (Wildman–Crippen LogP) is 5.04. The summed E-state index contributed by atoms with van der Waals surface area (Å²) in [5.74, 6) is 5.59. The Labute approximate surface area is 287 Å². The van der Waals surface area contributed by atoms with Gasteiger partial charge in [-0.2, -0.15) is 0 Å². The van der Waals surface area contributed by atoms with Crippen molar-refractivity contribution in [2.45, 2.75) is 83.6 Å². The first-order chi connectivity index (χ1) is 23.6. The Morgan fingerprint density at radius 1 is 0.796 bits per heavy atom. The molecule has 0 bridgehead atoms. The Bertz CT molecular complexity index is 1540. The van der Waals surface area contributed by atoms with Crippen molar-refractivity contribution in [3.05, 3.63) is 90.0 Å². The molecule has 0 saturated carbocycles. The minimum absolute atomic E-state index is 0.0123. The maximum absolute atomic E-state index is 12.7. The average Bonchev–Trinajstić information content (AvgIpc) is 3.09. The largest absolute Gasteiger partial charge is 0.483 e. The molecule has 0 N–H and O–H groups in total. The molecular formula is C38H43NO10. The molecule has 0 saturated heterocycles. The van der Waals surface area contributed by atoms with E-state index in [4.69, 9.17) is 33.3 Å². The normalized spacial score (nSPS) is 23.1. The van der Waals surface area contributed by atoms with Gasteiger partial charge in [-0.25, -0.2) is 0 Å². The van der Waals surface area contributed by atoms with Crippen molar-refractivity contribution in [1.82, 2.24) is 0 Å². The summed E-state index contributed by atoms with van der Waals surface area (Å²) in [4.78, 5) is 40.8. The van der Waals surface area contributed by atoms with Crippen molar-refractivity contribution in [3.63, 3.8) is 0 Å². The van der Waals surface area contributed by atoms with Crippen molar-refractivity contribution in [2.24, 2.45) is 5.16 Å². The number of rotatable bonds is 14. The van der Waals surface area contributed by atoms with E-state index in [1.165, 1.54) is 13.8 Å². The molecule has 0 aliphatic carbocycles. The van der Waals surface area contributed by atoms with Gasteiger partial charge in [0, 0.05) is 25.8 Å². The van der Waals surface area contributed by atoms with E-state index >= 15 is 0 Å². The molecular weight excluding hydrogens is 630 g/mol. The van der Waals surface area contributed by atoms with Gasteiger partial charge in [-0.1, -0.05) is 59.0 Å². The van der Waals surface area contributed by atoms with Gasteiger partial charge in [0.15, 0.2) is 0 Å². The van der Waals surface area contributed by atoms with Crippen LogP contribution in [-0.4, -0.2) is 80.1 Å². The van der Waals surface area contributed by atoms with Crippen LogP contribution in [0.25, 0.3) is 0 Å². The Morgan fingerprint density at radius 2 is 1.51 bits per heavy atom. The smallest absolute Gasteiger partial charge is 0.306 e. The third-order valence-electron chi connectivity index (χ3n) is 7.39. The number of hydrogen-bond donors (Lipinski definition) is 0. The first-order valence-electron chi connectivity index (χ1n) is 16.2. The van der Waals surface area contributed by atoms with Crippen LogP contribution in [-0.2, 0) is 42.9 Å². The summed E-state index contributed by atoms with van der Waals surface area (Å²) in [5.41, 5.74) is 2.61. The van der Waals surface area contributed by atoms with E-state index < -0.39 is 48.4 Å². The highest BCUT2D eigenvalue weighted by Crippen LogP contribution is 2.22. The lowest BCUT2D eigenvalue weighted by molar-refractivity contribution is -0.164. The van der Waals surface area contributed by atoms with Crippen LogP contribution in [0.5, 0.6) is 5.75 Å². The fraction of sp³-hybridized carbons (Fsp3) is 0.421. The summed E-state index contributed by atoms with van der Waals surface area (Å²) in [7, 11) is 0. The maximum Gasteiger partial charge on any atom is 0.306 e. The van der Waals surface area contributed by atoms with Crippen LogP contribution in [0.15, 0.2) is 84.1 Å². The van der Waals surface area contributed by atoms with Crippen molar-refractivity contribution in [3.8, 4) is 17.6 Å². The quantitative estimate of drug-likeness (QED) is 0.0512. The van der Waals surface area contributed by atoms with E-state index in [1.54, 1.807) is 19.1 Å². The van der Waals surface area contributed by atoms with Gasteiger partial charge in [0.25, 0.3) is 0 Å². The van der Waals surface area contributed by atoms with Crippen LogP contribution >= 0.6 is 0 Å². The monoisotopic (exact) mass is 673 g/mol. The molecule has 49 heavy (non-hydrogen) atoms. The lowest BCUT2D eigenvalue weighted by Crippen LogP contribution is -2.42. The Balaban J connectivity index is 1.23. The van der Waals surface area contributed by atoms with Gasteiger partial charge >= 0.3 is 17.9 Å². The molecule has 2 aromatic rings. The number of ether oxygens (including phenoxy) is 6.